The van der Waals surface area contributed by atoms with E-state index >= 15 is 0 Å². The zero-order valence-corrected chi connectivity index (χ0v) is 10.6. The van der Waals surface area contributed by atoms with Gasteiger partial charge in [0.05, 0.1) is 10.4 Å². The summed E-state index contributed by atoms with van der Waals surface area (Å²) >= 11 is 7.09. The third kappa shape index (κ3) is 2.49. The molecule has 0 aliphatic heterocycles. The fourth-order valence-electron chi connectivity index (χ4n) is 1.57. The third-order valence-corrected chi connectivity index (χ3v) is 3.83. The molecule has 2 aromatic rings. The van der Waals surface area contributed by atoms with E-state index in [2.05, 4.69) is 0 Å². The number of benzene rings is 1. The lowest BCUT2D eigenvalue weighted by Gasteiger charge is -2.12. The van der Waals surface area contributed by atoms with Crippen LogP contribution in [0.5, 0.6) is 0 Å². The van der Waals surface area contributed by atoms with Crippen LogP contribution in [-0.2, 0) is 0 Å². The number of hydrogen-bond donors (Lipinski definition) is 1. The van der Waals surface area contributed by atoms with Crippen LogP contribution in [0.3, 0.4) is 0 Å². The van der Waals surface area contributed by atoms with Crippen molar-refractivity contribution in [2.45, 2.75) is 13.0 Å². The highest BCUT2D eigenvalue weighted by molar-refractivity contribution is 7.16. The Morgan fingerprint density at radius 1 is 1.24 bits per heavy atom. The molecule has 2 N–H and O–H groups in total. The van der Waals surface area contributed by atoms with Gasteiger partial charge in [0.2, 0.25) is 0 Å². The van der Waals surface area contributed by atoms with Crippen molar-refractivity contribution in [1.29, 1.82) is 0 Å². The van der Waals surface area contributed by atoms with E-state index in [1.54, 1.807) is 19.1 Å². The second-order valence-electron chi connectivity index (χ2n) is 3.74. The van der Waals surface area contributed by atoms with E-state index in [1.165, 1.54) is 17.4 Å². The number of hydrogen-bond acceptors (Lipinski definition) is 2. The summed E-state index contributed by atoms with van der Waals surface area (Å²) < 4.78 is 27.3. The molecule has 0 aliphatic rings. The molecule has 17 heavy (non-hydrogen) atoms. The average Bonchev–Trinajstić information content (AvgIpc) is 2.69. The van der Waals surface area contributed by atoms with E-state index in [9.17, 15) is 8.78 Å². The predicted molar refractivity (Wildman–Crippen MR) is 66.5 cm³/mol. The van der Waals surface area contributed by atoms with Crippen molar-refractivity contribution in [3.05, 3.63) is 56.2 Å². The van der Waals surface area contributed by atoms with Crippen LogP contribution in [0.4, 0.5) is 8.78 Å². The Morgan fingerprint density at radius 3 is 2.53 bits per heavy atom. The highest BCUT2D eigenvalue weighted by Gasteiger charge is 2.17. The predicted octanol–water partition coefficient (Wildman–Crippen LogP) is 4.04. The average molecular weight is 274 g/mol. The van der Waals surface area contributed by atoms with Crippen LogP contribution in [0, 0.1) is 18.6 Å². The van der Waals surface area contributed by atoms with Crippen LogP contribution in [0.1, 0.15) is 22.0 Å². The highest BCUT2D eigenvalue weighted by Crippen LogP contribution is 2.31. The van der Waals surface area contributed by atoms with Crippen LogP contribution >= 0.6 is 22.9 Å². The summed E-state index contributed by atoms with van der Waals surface area (Å²) in [6.07, 6.45) is 0. The van der Waals surface area contributed by atoms with Gasteiger partial charge in [-0.05, 0) is 30.7 Å². The zero-order chi connectivity index (χ0) is 12.6. The van der Waals surface area contributed by atoms with Crippen LogP contribution in [0.25, 0.3) is 0 Å². The molecule has 0 saturated carbocycles. The van der Waals surface area contributed by atoms with E-state index in [1.807, 2.05) is 0 Å². The fourth-order valence-corrected chi connectivity index (χ4v) is 2.65. The lowest BCUT2D eigenvalue weighted by molar-refractivity contribution is 0.561. The molecule has 0 saturated heterocycles. The van der Waals surface area contributed by atoms with Crippen LogP contribution in [0.15, 0.2) is 24.3 Å². The number of nitrogens with two attached hydrogens (primary N) is 1. The van der Waals surface area contributed by atoms with Crippen molar-refractivity contribution in [3.63, 3.8) is 0 Å². The molecule has 2 rings (SSSR count). The lowest BCUT2D eigenvalue weighted by atomic mass is 10.0. The summed E-state index contributed by atoms with van der Waals surface area (Å²) in [7, 11) is 0. The first-order valence-corrected chi connectivity index (χ1v) is 6.15. The highest BCUT2D eigenvalue weighted by atomic mass is 35.5. The normalized spacial score (nSPS) is 12.8. The van der Waals surface area contributed by atoms with Crippen molar-refractivity contribution < 1.29 is 8.78 Å². The van der Waals surface area contributed by atoms with Gasteiger partial charge >= 0.3 is 0 Å². The van der Waals surface area contributed by atoms with Gasteiger partial charge in [0, 0.05) is 16.5 Å². The van der Waals surface area contributed by atoms with Gasteiger partial charge in [0.15, 0.2) is 0 Å². The van der Waals surface area contributed by atoms with Gasteiger partial charge in [-0.2, -0.15) is 0 Å². The van der Waals surface area contributed by atoms with Gasteiger partial charge in [0.25, 0.3) is 0 Å². The van der Waals surface area contributed by atoms with Crippen molar-refractivity contribution in [3.8, 4) is 0 Å². The Hall–Kier alpha value is -0.970. The quantitative estimate of drug-likeness (QED) is 0.878. The maximum absolute atomic E-state index is 13.6. The molecule has 90 valence electrons. The number of aryl methyl sites for hydroxylation is 1. The van der Waals surface area contributed by atoms with E-state index in [4.69, 9.17) is 17.3 Å². The lowest BCUT2D eigenvalue weighted by Crippen LogP contribution is -2.13. The fraction of sp³-hybridized carbons (Fsp3) is 0.167. The van der Waals surface area contributed by atoms with Gasteiger partial charge in [-0.15, -0.1) is 11.3 Å². The van der Waals surface area contributed by atoms with E-state index in [-0.39, 0.29) is 5.56 Å². The minimum Gasteiger partial charge on any atom is -0.320 e. The maximum atomic E-state index is 13.6. The molecule has 0 fully saturated rings. The molecule has 1 heterocycles. The molecule has 0 amide bonds. The second-order valence-corrected chi connectivity index (χ2v) is 5.49. The summed E-state index contributed by atoms with van der Waals surface area (Å²) in [6.45, 7) is 1.58. The second kappa shape index (κ2) is 4.72. The molecule has 1 aromatic heterocycles. The Morgan fingerprint density at radius 2 is 1.94 bits per heavy atom. The Balaban J connectivity index is 2.43. The summed E-state index contributed by atoms with van der Waals surface area (Å²) in [6, 6.07) is 5.13. The number of rotatable bonds is 2. The largest absolute Gasteiger partial charge is 0.320 e. The SMILES string of the molecule is Cc1cc(C(N)c2ccc(Cl)s2)c(F)cc1F. The third-order valence-electron chi connectivity index (χ3n) is 2.51. The van der Waals surface area contributed by atoms with Crippen molar-refractivity contribution in [1.82, 2.24) is 0 Å². The molecule has 0 spiro atoms. The van der Waals surface area contributed by atoms with Crippen LogP contribution in [0.2, 0.25) is 4.34 Å². The molecular formula is C12H10ClF2NS. The van der Waals surface area contributed by atoms with Gasteiger partial charge < -0.3 is 5.73 Å². The van der Waals surface area contributed by atoms with Gasteiger partial charge in [-0.3, -0.25) is 0 Å². The minimum absolute atomic E-state index is 0.280. The smallest absolute Gasteiger partial charge is 0.131 e. The van der Waals surface area contributed by atoms with E-state index in [0.29, 0.717) is 9.90 Å². The molecule has 1 nitrogen and oxygen atoms in total. The molecule has 1 atom stereocenters. The van der Waals surface area contributed by atoms with Crippen LogP contribution in [-0.4, -0.2) is 0 Å². The zero-order valence-electron chi connectivity index (χ0n) is 9.01. The van der Waals surface area contributed by atoms with Crippen molar-refractivity contribution >= 4 is 22.9 Å². The molecule has 0 aliphatic carbocycles. The van der Waals surface area contributed by atoms with Gasteiger partial charge in [-0.25, -0.2) is 8.78 Å². The van der Waals surface area contributed by atoms with E-state index in [0.717, 1.165) is 10.9 Å². The maximum Gasteiger partial charge on any atom is 0.131 e. The summed E-state index contributed by atoms with van der Waals surface area (Å²) in [5.41, 5.74) is 6.59. The van der Waals surface area contributed by atoms with Crippen molar-refractivity contribution in [2.75, 3.05) is 0 Å². The molecule has 1 unspecified atom stereocenters. The summed E-state index contributed by atoms with van der Waals surface area (Å²) in [4.78, 5) is 0.750. The summed E-state index contributed by atoms with van der Waals surface area (Å²) in [5, 5.41) is 0. The number of thiophene rings is 1. The molecule has 0 radical (unpaired) electrons. The van der Waals surface area contributed by atoms with E-state index < -0.39 is 17.7 Å². The van der Waals surface area contributed by atoms with Gasteiger partial charge in [0.1, 0.15) is 11.6 Å². The summed E-state index contributed by atoms with van der Waals surface area (Å²) in [5.74, 6) is -1.20. The molecule has 1 aromatic carbocycles. The molecule has 0 bridgehead atoms. The minimum atomic E-state index is -0.634. The Labute approximate surface area is 107 Å². The monoisotopic (exact) mass is 273 g/mol. The Kier molecular flexibility index (Phi) is 3.47. The molecular weight excluding hydrogens is 264 g/mol. The Bertz CT molecular complexity index is 553. The molecule has 5 heteroatoms. The van der Waals surface area contributed by atoms with Crippen molar-refractivity contribution in [2.24, 2.45) is 5.73 Å². The van der Waals surface area contributed by atoms with Crippen LogP contribution < -0.4 is 5.73 Å². The first-order chi connectivity index (χ1) is 7.99. The topological polar surface area (TPSA) is 26.0 Å². The first-order valence-electron chi connectivity index (χ1n) is 4.95. The standard InChI is InChI=1S/C12H10ClF2NS/c1-6-4-7(9(15)5-8(6)14)12(16)10-2-3-11(13)17-10/h2-5,12H,16H2,1H3. The number of halogens is 3. The first kappa shape index (κ1) is 12.5. The van der Waals surface area contributed by atoms with Gasteiger partial charge in [-0.1, -0.05) is 11.6 Å².